The molecule has 5 heterocycles. The van der Waals surface area contributed by atoms with Crippen molar-refractivity contribution in [3.8, 4) is 0 Å². The van der Waals surface area contributed by atoms with Crippen LogP contribution in [0.3, 0.4) is 0 Å². The second-order valence-electron chi connectivity index (χ2n) is 12.8. The molecule has 1 saturated heterocycles. The summed E-state index contributed by atoms with van der Waals surface area (Å²) >= 11 is 0. The van der Waals surface area contributed by atoms with Crippen molar-refractivity contribution in [2.24, 2.45) is 18.4 Å². The highest BCUT2D eigenvalue weighted by molar-refractivity contribution is 7.91. The maximum atomic E-state index is 12.0. The van der Waals surface area contributed by atoms with Crippen molar-refractivity contribution in [1.29, 1.82) is 0 Å². The van der Waals surface area contributed by atoms with Gasteiger partial charge in [-0.2, -0.15) is 10.2 Å². The zero-order chi connectivity index (χ0) is 26.9. The predicted octanol–water partition coefficient (Wildman–Crippen LogP) is 3.41. The molecular formula is C29H41N7O2S. The van der Waals surface area contributed by atoms with Gasteiger partial charge in [0, 0.05) is 69.2 Å². The Kier molecular flexibility index (Phi) is 6.08. The monoisotopic (exact) mass is 551 g/mol. The van der Waals surface area contributed by atoms with Crippen LogP contribution in [-0.2, 0) is 36.4 Å². The molecule has 2 aliphatic heterocycles. The number of hydrogen-bond acceptors (Lipinski definition) is 7. The molecule has 4 aliphatic rings. The second kappa shape index (κ2) is 9.29. The van der Waals surface area contributed by atoms with Crippen molar-refractivity contribution in [2.45, 2.75) is 77.9 Å². The lowest BCUT2D eigenvalue weighted by Crippen LogP contribution is -2.53. The van der Waals surface area contributed by atoms with Crippen LogP contribution in [0.4, 0.5) is 5.69 Å². The van der Waals surface area contributed by atoms with Crippen LogP contribution in [0.5, 0.6) is 0 Å². The van der Waals surface area contributed by atoms with E-state index >= 15 is 0 Å². The van der Waals surface area contributed by atoms with Gasteiger partial charge in [-0.05, 0) is 63.4 Å². The fourth-order valence-corrected chi connectivity index (χ4v) is 9.53. The third-order valence-electron chi connectivity index (χ3n) is 10.3. The highest BCUT2D eigenvalue weighted by Crippen LogP contribution is 2.51. The second-order valence-corrected chi connectivity index (χ2v) is 15.1. The van der Waals surface area contributed by atoms with Crippen molar-refractivity contribution in [3.05, 3.63) is 34.9 Å². The van der Waals surface area contributed by atoms with Gasteiger partial charge < -0.3 is 4.90 Å². The van der Waals surface area contributed by atoms with E-state index in [1.165, 1.54) is 55.5 Å². The van der Waals surface area contributed by atoms with Gasteiger partial charge in [-0.3, -0.25) is 14.3 Å². The average molecular weight is 552 g/mol. The third-order valence-corrected chi connectivity index (χ3v) is 11.9. The van der Waals surface area contributed by atoms with E-state index in [0.29, 0.717) is 28.9 Å². The Bertz CT molecular complexity index is 1510. The Balaban J connectivity index is 1.10. The van der Waals surface area contributed by atoms with E-state index in [2.05, 4.69) is 39.5 Å². The Hall–Kier alpha value is -2.46. The van der Waals surface area contributed by atoms with Crippen LogP contribution in [0, 0.1) is 25.2 Å². The van der Waals surface area contributed by atoms with Gasteiger partial charge in [0.05, 0.1) is 34.5 Å². The molecule has 3 unspecified atom stereocenters. The molecule has 7 rings (SSSR count). The lowest BCUT2D eigenvalue weighted by atomic mass is 9.60. The van der Waals surface area contributed by atoms with Gasteiger partial charge in [0.2, 0.25) is 0 Å². The van der Waals surface area contributed by atoms with E-state index in [4.69, 9.17) is 10.1 Å². The van der Waals surface area contributed by atoms with Gasteiger partial charge in [0.1, 0.15) is 0 Å². The summed E-state index contributed by atoms with van der Waals surface area (Å²) in [7, 11) is -0.873. The van der Waals surface area contributed by atoms with Gasteiger partial charge in [-0.25, -0.2) is 13.4 Å². The molecule has 3 fully saturated rings. The summed E-state index contributed by atoms with van der Waals surface area (Å²) in [5.41, 5.74) is 7.49. The van der Waals surface area contributed by atoms with Crippen molar-refractivity contribution in [2.75, 3.05) is 36.0 Å². The van der Waals surface area contributed by atoms with E-state index in [9.17, 15) is 8.42 Å². The SMILES string of the molecule is Cc1cc(N2CCc3c(c(C)nn3CC34CCCC(C3)C(N3CCS(=O)(=O)CC3)CC4)C2)c2cnn(C)c2n1. The number of aryl methyl sites for hydroxylation is 3. The summed E-state index contributed by atoms with van der Waals surface area (Å²) in [5.74, 6) is 1.36. The van der Waals surface area contributed by atoms with Crippen LogP contribution in [0.1, 0.15) is 61.2 Å². The smallest absolute Gasteiger partial charge is 0.159 e. The predicted molar refractivity (Wildman–Crippen MR) is 153 cm³/mol. The number of nitrogens with zero attached hydrogens (tertiary/aromatic N) is 7. The first kappa shape index (κ1) is 25.5. The normalized spacial score (nSPS) is 29.1. The maximum Gasteiger partial charge on any atom is 0.159 e. The first-order valence-corrected chi connectivity index (χ1v) is 16.6. The summed E-state index contributed by atoms with van der Waals surface area (Å²) in [6.45, 7) is 8.57. The highest BCUT2D eigenvalue weighted by atomic mass is 32.2. The minimum Gasteiger partial charge on any atom is -0.366 e. The van der Waals surface area contributed by atoms with E-state index in [-0.39, 0.29) is 0 Å². The number of pyridine rings is 1. The van der Waals surface area contributed by atoms with Crippen LogP contribution in [0.15, 0.2) is 12.3 Å². The van der Waals surface area contributed by atoms with Gasteiger partial charge >= 0.3 is 0 Å². The Morgan fingerprint density at radius 2 is 1.92 bits per heavy atom. The van der Waals surface area contributed by atoms with Crippen molar-refractivity contribution in [3.63, 3.8) is 0 Å². The van der Waals surface area contributed by atoms with E-state index in [0.717, 1.165) is 61.6 Å². The van der Waals surface area contributed by atoms with E-state index in [1.807, 2.05) is 17.9 Å². The van der Waals surface area contributed by atoms with Gasteiger partial charge in [-0.15, -0.1) is 0 Å². The molecule has 210 valence electrons. The number of anilines is 1. The van der Waals surface area contributed by atoms with Crippen LogP contribution in [-0.4, -0.2) is 75.0 Å². The molecule has 0 radical (unpaired) electrons. The molecule has 0 N–H and O–H groups in total. The summed E-state index contributed by atoms with van der Waals surface area (Å²) in [6.07, 6.45) is 10.5. The molecule has 2 aliphatic carbocycles. The minimum absolute atomic E-state index is 0.328. The zero-order valence-corrected chi connectivity index (χ0v) is 24.4. The molecule has 39 heavy (non-hydrogen) atoms. The standard InChI is InChI=1S/C29H41N7O2S/c1-20-15-27(23-17-30-33(3)28(23)31-20)35-10-7-26-24(18-35)21(2)32-36(26)19-29-8-4-5-22(16-29)25(6-9-29)34-11-13-39(37,38)14-12-34/h15,17,22,25H,4-14,16,18-19H2,1-3H3. The summed E-state index contributed by atoms with van der Waals surface area (Å²) in [5, 5.41) is 10.7. The Morgan fingerprint density at radius 3 is 2.74 bits per heavy atom. The lowest BCUT2D eigenvalue weighted by Gasteiger charge is -2.52. The molecule has 0 amide bonds. The summed E-state index contributed by atoms with van der Waals surface area (Å²) in [6, 6.07) is 2.76. The molecule has 3 atom stereocenters. The third kappa shape index (κ3) is 4.47. The van der Waals surface area contributed by atoms with Gasteiger partial charge in [-0.1, -0.05) is 6.42 Å². The summed E-state index contributed by atoms with van der Waals surface area (Å²) < 4.78 is 28.2. The topological polar surface area (TPSA) is 89.2 Å². The lowest BCUT2D eigenvalue weighted by molar-refractivity contribution is -0.00976. The minimum atomic E-state index is -2.83. The first-order valence-electron chi connectivity index (χ1n) is 14.7. The van der Waals surface area contributed by atoms with Crippen LogP contribution in [0.2, 0.25) is 0 Å². The fraction of sp³-hybridized carbons (Fsp3) is 0.690. The zero-order valence-electron chi connectivity index (χ0n) is 23.6. The highest BCUT2D eigenvalue weighted by Gasteiger charge is 2.46. The molecular weight excluding hydrogens is 510 g/mol. The number of aromatic nitrogens is 5. The van der Waals surface area contributed by atoms with Crippen molar-refractivity contribution >= 4 is 26.6 Å². The fourth-order valence-electron chi connectivity index (χ4n) is 8.30. The van der Waals surface area contributed by atoms with Crippen LogP contribution < -0.4 is 4.90 Å². The molecule has 3 aromatic heterocycles. The van der Waals surface area contributed by atoms with E-state index in [1.54, 1.807) is 0 Å². The Labute approximate surface area is 231 Å². The maximum absolute atomic E-state index is 12.0. The van der Waals surface area contributed by atoms with Crippen LogP contribution >= 0.6 is 0 Å². The molecule has 0 aromatic carbocycles. The quantitative estimate of drug-likeness (QED) is 0.491. The van der Waals surface area contributed by atoms with Gasteiger partial charge in [0.15, 0.2) is 15.5 Å². The molecule has 2 bridgehead atoms. The molecule has 3 aromatic rings. The van der Waals surface area contributed by atoms with E-state index < -0.39 is 9.84 Å². The first-order chi connectivity index (χ1) is 18.7. The molecule has 9 nitrogen and oxygen atoms in total. The Morgan fingerprint density at radius 1 is 1.10 bits per heavy atom. The summed E-state index contributed by atoms with van der Waals surface area (Å²) in [4.78, 5) is 9.71. The van der Waals surface area contributed by atoms with Crippen molar-refractivity contribution in [1.82, 2.24) is 29.4 Å². The van der Waals surface area contributed by atoms with Crippen molar-refractivity contribution < 1.29 is 8.42 Å². The molecule has 10 heteroatoms. The largest absolute Gasteiger partial charge is 0.366 e. The van der Waals surface area contributed by atoms with Gasteiger partial charge in [0.25, 0.3) is 0 Å². The number of sulfone groups is 1. The molecule has 0 spiro atoms. The number of rotatable bonds is 4. The number of hydrogen-bond donors (Lipinski definition) is 0. The average Bonchev–Trinajstić information content (AvgIpc) is 3.43. The van der Waals surface area contributed by atoms with Crippen LogP contribution in [0.25, 0.3) is 11.0 Å². The number of fused-ring (bicyclic) bond motifs is 4. The molecule has 2 saturated carbocycles.